The van der Waals surface area contributed by atoms with Crippen LogP contribution in [0.1, 0.15) is 18.9 Å². The van der Waals surface area contributed by atoms with Crippen molar-refractivity contribution in [1.29, 1.82) is 0 Å². The first kappa shape index (κ1) is 11.1. The molecule has 0 bridgehead atoms. The molecule has 4 heteroatoms. The Balaban J connectivity index is 2.06. The fraction of sp³-hybridized carbons (Fsp3) is 0.333. The summed E-state index contributed by atoms with van der Waals surface area (Å²) in [6.07, 6.45) is 0.987. The summed E-state index contributed by atoms with van der Waals surface area (Å²) < 4.78 is 0. The van der Waals surface area contributed by atoms with Crippen LogP contribution in [0.2, 0.25) is 0 Å². The van der Waals surface area contributed by atoms with Gasteiger partial charge in [0.1, 0.15) is 4.99 Å². The number of nitrogens with one attached hydrogen (secondary N) is 1. The zero-order chi connectivity index (χ0) is 11.7. The third-order valence-electron chi connectivity index (χ3n) is 2.86. The Morgan fingerprint density at radius 1 is 1.56 bits per heavy atom. The van der Waals surface area contributed by atoms with Crippen molar-refractivity contribution in [2.45, 2.75) is 13.3 Å². The fourth-order valence-electron chi connectivity index (χ4n) is 1.67. The van der Waals surface area contributed by atoms with Crippen molar-refractivity contribution >= 4 is 28.8 Å². The summed E-state index contributed by atoms with van der Waals surface area (Å²) in [5.41, 5.74) is 7.06. The maximum absolute atomic E-state index is 11.7. The summed E-state index contributed by atoms with van der Waals surface area (Å²) in [7, 11) is 0. The number of amides is 1. The fourth-order valence-corrected chi connectivity index (χ4v) is 1.80. The number of carbonyl (C=O) groups excluding carboxylic acids is 1. The van der Waals surface area contributed by atoms with Gasteiger partial charge >= 0.3 is 0 Å². The highest BCUT2D eigenvalue weighted by Gasteiger charge is 2.38. The summed E-state index contributed by atoms with van der Waals surface area (Å²) >= 11 is 4.88. The smallest absolute Gasteiger partial charge is 0.227 e. The Morgan fingerprint density at radius 3 is 2.81 bits per heavy atom. The van der Waals surface area contributed by atoms with E-state index in [1.165, 1.54) is 0 Å². The normalized spacial score (nSPS) is 22.6. The van der Waals surface area contributed by atoms with Crippen molar-refractivity contribution < 1.29 is 4.79 Å². The lowest BCUT2D eigenvalue weighted by Gasteiger charge is -2.06. The summed E-state index contributed by atoms with van der Waals surface area (Å²) in [6.45, 7) is 2.08. The number of carbonyl (C=O) groups is 1. The van der Waals surface area contributed by atoms with E-state index in [0.29, 0.717) is 10.9 Å². The van der Waals surface area contributed by atoms with Gasteiger partial charge in [0.05, 0.1) is 0 Å². The van der Waals surface area contributed by atoms with Crippen molar-refractivity contribution in [2.24, 2.45) is 17.6 Å². The second-order valence-corrected chi connectivity index (χ2v) is 4.69. The SMILES string of the molecule is CC1CC1C(=O)Nc1cccc(C(N)=S)c1. The quantitative estimate of drug-likeness (QED) is 0.786. The molecule has 1 fully saturated rings. The Hall–Kier alpha value is -1.42. The highest BCUT2D eigenvalue weighted by Crippen LogP contribution is 2.38. The molecule has 1 aliphatic rings. The van der Waals surface area contributed by atoms with Crippen LogP contribution in [-0.4, -0.2) is 10.9 Å². The molecule has 1 aromatic carbocycles. The lowest BCUT2D eigenvalue weighted by molar-refractivity contribution is -0.117. The first-order valence-corrected chi connectivity index (χ1v) is 5.69. The van der Waals surface area contributed by atoms with Gasteiger partial charge in [-0.3, -0.25) is 4.79 Å². The van der Waals surface area contributed by atoms with Gasteiger partial charge in [0.25, 0.3) is 0 Å². The summed E-state index contributed by atoms with van der Waals surface area (Å²) in [6, 6.07) is 7.30. The number of nitrogens with two attached hydrogens (primary N) is 1. The molecule has 1 saturated carbocycles. The molecule has 2 atom stereocenters. The number of anilines is 1. The number of thiocarbonyl (C=S) groups is 1. The van der Waals surface area contributed by atoms with E-state index in [0.717, 1.165) is 17.7 Å². The molecule has 2 rings (SSSR count). The van der Waals surface area contributed by atoms with Gasteiger partial charge < -0.3 is 11.1 Å². The van der Waals surface area contributed by atoms with Crippen LogP contribution in [0.3, 0.4) is 0 Å². The predicted molar refractivity (Wildman–Crippen MR) is 68.2 cm³/mol. The van der Waals surface area contributed by atoms with Crippen molar-refractivity contribution in [2.75, 3.05) is 5.32 Å². The molecule has 0 saturated heterocycles. The lowest BCUT2D eigenvalue weighted by atomic mass is 10.2. The zero-order valence-electron chi connectivity index (χ0n) is 9.07. The van der Waals surface area contributed by atoms with Gasteiger partial charge in [0.15, 0.2) is 0 Å². The van der Waals surface area contributed by atoms with E-state index in [-0.39, 0.29) is 11.8 Å². The molecule has 16 heavy (non-hydrogen) atoms. The number of rotatable bonds is 3. The first-order valence-electron chi connectivity index (χ1n) is 5.28. The van der Waals surface area contributed by atoms with Crippen LogP contribution in [0.5, 0.6) is 0 Å². The van der Waals surface area contributed by atoms with E-state index < -0.39 is 0 Å². The molecule has 0 heterocycles. The van der Waals surface area contributed by atoms with E-state index in [2.05, 4.69) is 12.2 Å². The average Bonchev–Trinajstić information content (AvgIpc) is 2.96. The predicted octanol–water partition coefficient (Wildman–Crippen LogP) is 1.92. The summed E-state index contributed by atoms with van der Waals surface area (Å²) in [5, 5.41) is 2.88. The van der Waals surface area contributed by atoms with Crippen LogP contribution in [0.25, 0.3) is 0 Å². The Labute approximate surface area is 100 Å². The molecule has 1 aromatic rings. The van der Waals surface area contributed by atoms with E-state index in [1.54, 1.807) is 6.07 Å². The molecule has 0 aromatic heterocycles. The minimum atomic E-state index is 0.0904. The first-order chi connectivity index (χ1) is 7.58. The molecule has 3 N–H and O–H groups in total. The molecular formula is C12H14N2OS. The number of benzene rings is 1. The molecule has 3 nitrogen and oxygen atoms in total. The second kappa shape index (κ2) is 4.22. The van der Waals surface area contributed by atoms with E-state index in [9.17, 15) is 4.79 Å². The third kappa shape index (κ3) is 2.39. The van der Waals surface area contributed by atoms with Gasteiger partial charge in [-0.25, -0.2) is 0 Å². The summed E-state index contributed by atoms with van der Waals surface area (Å²) in [5.74, 6) is 0.778. The zero-order valence-corrected chi connectivity index (χ0v) is 9.88. The van der Waals surface area contributed by atoms with E-state index in [1.807, 2.05) is 18.2 Å². The standard InChI is InChI=1S/C12H14N2OS/c1-7-5-10(7)12(15)14-9-4-2-3-8(6-9)11(13)16/h2-4,6-7,10H,5H2,1H3,(H2,13,16)(H,14,15). The molecule has 0 aliphatic heterocycles. The third-order valence-corrected chi connectivity index (χ3v) is 3.10. The lowest BCUT2D eigenvalue weighted by Crippen LogP contribution is -2.15. The Morgan fingerprint density at radius 2 is 2.25 bits per heavy atom. The average molecular weight is 234 g/mol. The monoisotopic (exact) mass is 234 g/mol. The van der Waals surface area contributed by atoms with Crippen LogP contribution < -0.4 is 11.1 Å². The topological polar surface area (TPSA) is 55.1 Å². The minimum Gasteiger partial charge on any atom is -0.389 e. The van der Waals surface area contributed by atoms with Crippen LogP contribution >= 0.6 is 12.2 Å². The highest BCUT2D eigenvalue weighted by atomic mass is 32.1. The van der Waals surface area contributed by atoms with Crippen molar-refractivity contribution in [3.8, 4) is 0 Å². The van der Waals surface area contributed by atoms with E-state index >= 15 is 0 Å². The van der Waals surface area contributed by atoms with Gasteiger partial charge in [0, 0.05) is 17.2 Å². The van der Waals surface area contributed by atoms with Gasteiger partial charge in [-0.15, -0.1) is 0 Å². The molecule has 2 unspecified atom stereocenters. The van der Waals surface area contributed by atoms with Gasteiger partial charge in [-0.05, 0) is 24.5 Å². The highest BCUT2D eigenvalue weighted by molar-refractivity contribution is 7.80. The second-order valence-electron chi connectivity index (χ2n) is 4.25. The molecule has 0 radical (unpaired) electrons. The minimum absolute atomic E-state index is 0.0904. The largest absolute Gasteiger partial charge is 0.389 e. The van der Waals surface area contributed by atoms with Crippen LogP contribution in [0.15, 0.2) is 24.3 Å². The van der Waals surface area contributed by atoms with Crippen LogP contribution in [-0.2, 0) is 4.79 Å². The van der Waals surface area contributed by atoms with Crippen LogP contribution in [0, 0.1) is 11.8 Å². The number of hydrogen-bond donors (Lipinski definition) is 2. The van der Waals surface area contributed by atoms with E-state index in [4.69, 9.17) is 18.0 Å². The van der Waals surface area contributed by atoms with Crippen LogP contribution in [0.4, 0.5) is 5.69 Å². The maximum Gasteiger partial charge on any atom is 0.227 e. The molecule has 0 spiro atoms. The Bertz CT molecular complexity index is 444. The van der Waals surface area contributed by atoms with Gasteiger partial charge in [0.2, 0.25) is 5.91 Å². The van der Waals surface area contributed by atoms with Crippen molar-refractivity contribution in [1.82, 2.24) is 0 Å². The Kier molecular flexibility index (Phi) is 2.92. The molecular weight excluding hydrogens is 220 g/mol. The van der Waals surface area contributed by atoms with Crippen molar-refractivity contribution in [3.05, 3.63) is 29.8 Å². The van der Waals surface area contributed by atoms with Gasteiger partial charge in [-0.2, -0.15) is 0 Å². The van der Waals surface area contributed by atoms with Gasteiger partial charge in [-0.1, -0.05) is 31.3 Å². The summed E-state index contributed by atoms with van der Waals surface area (Å²) in [4.78, 5) is 12.0. The molecule has 1 amide bonds. The number of hydrogen-bond acceptors (Lipinski definition) is 2. The maximum atomic E-state index is 11.7. The van der Waals surface area contributed by atoms with Crippen molar-refractivity contribution in [3.63, 3.8) is 0 Å². The molecule has 84 valence electrons. The molecule has 1 aliphatic carbocycles.